The van der Waals surface area contributed by atoms with E-state index in [0.29, 0.717) is 12.7 Å². The van der Waals surface area contributed by atoms with Crippen LogP contribution in [0.3, 0.4) is 0 Å². The Kier molecular flexibility index (Phi) is 6.35. The van der Waals surface area contributed by atoms with Crippen molar-refractivity contribution in [3.63, 3.8) is 0 Å². The van der Waals surface area contributed by atoms with Gasteiger partial charge in [-0.15, -0.1) is 0 Å². The summed E-state index contributed by atoms with van der Waals surface area (Å²) in [5, 5.41) is 2.93. The van der Waals surface area contributed by atoms with Gasteiger partial charge in [-0.25, -0.2) is 4.79 Å². The highest BCUT2D eigenvalue weighted by Crippen LogP contribution is 2.21. The van der Waals surface area contributed by atoms with Gasteiger partial charge < -0.3 is 14.8 Å². The molecule has 1 aliphatic carbocycles. The molecular formula is C15H27NO3. The molecule has 1 saturated carbocycles. The Bertz CT molecular complexity index is 299. The van der Waals surface area contributed by atoms with Crippen LogP contribution in [-0.4, -0.2) is 30.4 Å². The molecule has 0 bridgehead atoms. The number of rotatable bonds is 4. The number of hydrogen-bond donors (Lipinski definition) is 1. The third-order valence-corrected chi connectivity index (χ3v) is 3.06. The van der Waals surface area contributed by atoms with Gasteiger partial charge in [0.1, 0.15) is 5.60 Å². The first-order valence-electron chi connectivity index (χ1n) is 7.13. The summed E-state index contributed by atoms with van der Waals surface area (Å²) in [7, 11) is 0. The molecule has 0 aromatic rings. The van der Waals surface area contributed by atoms with Crippen LogP contribution in [0.4, 0.5) is 4.79 Å². The van der Waals surface area contributed by atoms with Crippen molar-refractivity contribution in [3.05, 3.63) is 12.2 Å². The maximum atomic E-state index is 11.6. The van der Waals surface area contributed by atoms with Crippen molar-refractivity contribution in [3.8, 4) is 0 Å². The number of hydrogen-bond acceptors (Lipinski definition) is 3. The summed E-state index contributed by atoms with van der Waals surface area (Å²) in [6, 6.07) is 0.219. The standard InChI is InChI=1S/C15H27NO3/c1-5-6-11-18-13-9-7-12(8-10-13)16-14(17)19-15(2,3)4/h5-6,12-13H,7-11H2,1-4H3,(H,16,17)/t12-,13-. The second-order valence-corrected chi connectivity index (χ2v) is 6.02. The van der Waals surface area contributed by atoms with Crippen molar-refractivity contribution in [2.45, 2.75) is 71.1 Å². The summed E-state index contributed by atoms with van der Waals surface area (Å²) in [6.45, 7) is 8.30. The SMILES string of the molecule is CC=CCO[C@H]1CC[C@H](NC(=O)OC(C)(C)C)CC1. The molecule has 0 aliphatic heterocycles. The van der Waals surface area contributed by atoms with Gasteiger partial charge in [0.2, 0.25) is 0 Å². The van der Waals surface area contributed by atoms with Gasteiger partial charge in [0.25, 0.3) is 0 Å². The predicted molar refractivity (Wildman–Crippen MR) is 76.2 cm³/mol. The normalized spacial score (nSPS) is 24.4. The van der Waals surface area contributed by atoms with Gasteiger partial charge in [-0.05, 0) is 53.4 Å². The summed E-state index contributed by atoms with van der Waals surface area (Å²) < 4.78 is 11.0. The van der Waals surface area contributed by atoms with Crippen molar-refractivity contribution >= 4 is 6.09 Å². The van der Waals surface area contributed by atoms with E-state index < -0.39 is 5.60 Å². The lowest BCUT2D eigenvalue weighted by molar-refractivity contribution is 0.0303. The predicted octanol–water partition coefficient (Wildman–Crippen LogP) is 3.42. The van der Waals surface area contributed by atoms with Crippen LogP contribution in [-0.2, 0) is 9.47 Å². The van der Waals surface area contributed by atoms with E-state index in [9.17, 15) is 4.79 Å². The third-order valence-electron chi connectivity index (χ3n) is 3.06. The first-order valence-corrected chi connectivity index (χ1v) is 7.13. The molecule has 1 rings (SSSR count). The Labute approximate surface area is 116 Å². The zero-order valence-electron chi connectivity index (χ0n) is 12.6. The molecule has 0 aromatic heterocycles. The molecule has 0 unspecified atom stereocenters. The zero-order chi connectivity index (χ0) is 14.3. The van der Waals surface area contributed by atoms with Crippen LogP contribution in [0.5, 0.6) is 0 Å². The smallest absolute Gasteiger partial charge is 0.407 e. The maximum Gasteiger partial charge on any atom is 0.407 e. The maximum absolute atomic E-state index is 11.6. The fraction of sp³-hybridized carbons (Fsp3) is 0.800. The summed E-state index contributed by atoms with van der Waals surface area (Å²) in [4.78, 5) is 11.6. The monoisotopic (exact) mass is 269 g/mol. The molecule has 0 radical (unpaired) electrons. The van der Waals surface area contributed by atoms with Crippen molar-refractivity contribution in [2.24, 2.45) is 0 Å². The lowest BCUT2D eigenvalue weighted by Crippen LogP contribution is -2.41. The number of carbonyl (C=O) groups excluding carboxylic acids is 1. The molecule has 0 heterocycles. The molecule has 1 N–H and O–H groups in total. The van der Waals surface area contributed by atoms with Gasteiger partial charge in [0, 0.05) is 6.04 Å². The van der Waals surface area contributed by atoms with Crippen LogP contribution in [0.1, 0.15) is 53.4 Å². The van der Waals surface area contributed by atoms with E-state index in [2.05, 4.69) is 5.32 Å². The van der Waals surface area contributed by atoms with Crippen LogP contribution in [0.2, 0.25) is 0 Å². The van der Waals surface area contributed by atoms with Gasteiger partial charge in [0.15, 0.2) is 0 Å². The van der Waals surface area contributed by atoms with Crippen LogP contribution >= 0.6 is 0 Å². The van der Waals surface area contributed by atoms with E-state index in [1.807, 2.05) is 39.8 Å². The Hall–Kier alpha value is -1.03. The molecule has 110 valence electrons. The fourth-order valence-corrected chi connectivity index (χ4v) is 2.14. The summed E-state index contributed by atoms with van der Waals surface area (Å²) in [5.41, 5.74) is -0.434. The van der Waals surface area contributed by atoms with Gasteiger partial charge >= 0.3 is 6.09 Å². The van der Waals surface area contributed by atoms with E-state index in [1.165, 1.54) is 0 Å². The molecule has 4 nitrogen and oxygen atoms in total. The number of nitrogens with one attached hydrogen (secondary N) is 1. The first kappa shape index (κ1) is 16.0. The molecule has 0 aromatic carbocycles. The average Bonchev–Trinajstić information content (AvgIpc) is 2.29. The van der Waals surface area contributed by atoms with Crippen molar-refractivity contribution < 1.29 is 14.3 Å². The number of amides is 1. The number of ether oxygens (including phenoxy) is 2. The van der Waals surface area contributed by atoms with Crippen molar-refractivity contribution in [1.29, 1.82) is 0 Å². The largest absolute Gasteiger partial charge is 0.444 e. The Morgan fingerprint density at radius 2 is 1.89 bits per heavy atom. The highest BCUT2D eigenvalue weighted by atomic mass is 16.6. The Morgan fingerprint density at radius 3 is 2.42 bits per heavy atom. The summed E-state index contributed by atoms with van der Waals surface area (Å²) in [6.07, 6.45) is 7.94. The lowest BCUT2D eigenvalue weighted by atomic mass is 9.93. The molecule has 1 amide bonds. The molecule has 0 spiro atoms. The van der Waals surface area contributed by atoms with E-state index in [1.54, 1.807) is 0 Å². The molecule has 0 saturated heterocycles. The Balaban J connectivity index is 2.21. The highest BCUT2D eigenvalue weighted by Gasteiger charge is 2.24. The topological polar surface area (TPSA) is 47.6 Å². The van der Waals surface area contributed by atoms with Gasteiger partial charge in [0.05, 0.1) is 12.7 Å². The Morgan fingerprint density at radius 1 is 1.26 bits per heavy atom. The van der Waals surface area contributed by atoms with E-state index in [-0.39, 0.29) is 12.1 Å². The minimum absolute atomic E-state index is 0.219. The van der Waals surface area contributed by atoms with E-state index in [0.717, 1.165) is 25.7 Å². The van der Waals surface area contributed by atoms with Gasteiger partial charge in [-0.1, -0.05) is 12.2 Å². The second kappa shape index (κ2) is 7.53. The quantitative estimate of drug-likeness (QED) is 0.796. The lowest BCUT2D eigenvalue weighted by Gasteiger charge is -2.29. The van der Waals surface area contributed by atoms with Crippen LogP contribution in [0.25, 0.3) is 0 Å². The van der Waals surface area contributed by atoms with Gasteiger partial charge in [-0.3, -0.25) is 0 Å². The van der Waals surface area contributed by atoms with Crippen LogP contribution in [0, 0.1) is 0 Å². The summed E-state index contributed by atoms with van der Waals surface area (Å²) in [5.74, 6) is 0. The highest BCUT2D eigenvalue weighted by molar-refractivity contribution is 5.68. The average molecular weight is 269 g/mol. The molecule has 1 aliphatic rings. The van der Waals surface area contributed by atoms with Gasteiger partial charge in [-0.2, -0.15) is 0 Å². The number of alkyl carbamates (subject to hydrolysis) is 1. The molecule has 1 fully saturated rings. The first-order chi connectivity index (χ1) is 8.90. The fourth-order valence-electron chi connectivity index (χ4n) is 2.14. The van der Waals surface area contributed by atoms with Crippen molar-refractivity contribution in [2.75, 3.05) is 6.61 Å². The molecule has 19 heavy (non-hydrogen) atoms. The number of carbonyl (C=O) groups is 1. The third kappa shape index (κ3) is 7.21. The van der Waals surface area contributed by atoms with Crippen LogP contribution < -0.4 is 5.32 Å². The minimum atomic E-state index is -0.434. The van der Waals surface area contributed by atoms with Crippen LogP contribution in [0.15, 0.2) is 12.2 Å². The minimum Gasteiger partial charge on any atom is -0.444 e. The zero-order valence-corrected chi connectivity index (χ0v) is 12.6. The molecule has 0 atom stereocenters. The van der Waals surface area contributed by atoms with Crippen molar-refractivity contribution in [1.82, 2.24) is 5.32 Å². The molecular weight excluding hydrogens is 242 g/mol. The number of allylic oxidation sites excluding steroid dienone is 1. The van der Waals surface area contributed by atoms with E-state index in [4.69, 9.17) is 9.47 Å². The molecule has 4 heteroatoms. The van der Waals surface area contributed by atoms with E-state index >= 15 is 0 Å². The second-order valence-electron chi connectivity index (χ2n) is 6.02. The summed E-state index contributed by atoms with van der Waals surface area (Å²) >= 11 is 0.